The van der Waals surface area contributed by atoms with E-state index in [1.54, 1.807) is 36.9 Å². The molecule has 0 fully saturated rings. The fourth-order valence-corrected chi connectivity index (χ4v) is 3.65. The van der Waals surface area contributed by atoms with Gasteiger partial charge in [0.05, 0.1) is 19.9 Å². The molecule has 29 heavy (non-hydrogen) atoms. The Kier molecular flexibility index (Phi) is 5.26. The summed E-state index contributed by atoms with van der Waals surface area (Å²) >= 11 is 1.47. The molecule has 0 unspecified atom stereocenters. The maximum absolute atomic E-state index is 12.3. The molecule has 0 aliphatic heterocycles. The SMILES string of the molecule is COc1ccc(/C=C/C(=O)Nc2nc3scc(-c4ccccc4)n3n2)cc1OC. The lowest BCUT2D eigenvalue weighted by Gasteiger charge is -2.07. The van der Waals surface area contributed by atoms with Crippen molar-refractivity contribution in [2.75, 3.05) is 19.5 Å². The lowest BCUT2D eigenvalue weighted by Crippen LogP contribution is -2.09. The van der Waals surface area contributed by atoms with Gasteiger partial charge < -0.3 is 9.47 Å². The molecule has 1 N–H and O–H groups in total. The molecule has 0 spiro atoms. The second-order valence-corrected chi connectivity index (χ2v) is 6.89. The normalized spacial score (nSPS) is 11.1. The summed E-state index contributed by atoms with van der Waals surface area (Å²) in [6.45, 7) is 0. The Morgan fingerprint density at radius 3 is 2.66 bits per heavy atom. The second-order valence-electron chi connectivity index (χ2n) is 6.05. The molecule has 0 saturated carbocycles. The molecule has 2 aromatic heterocycles. The van der Waals surface area contributed by atoms with Crippen LogP contribution in [0.1, 0.15) is 5.56 Å². The van der Waals surface area contributed by atoms with Gasteiger partial charge in [0.25, 0.3) is 11.9 Å². The smallest absolute Gasteiger partial charge is 0.250 e. The van der Waals surface area contributed by atoms with E-state index in [0.29, 0.717) is 16.5 Å². The summed E-state index contributed by atoms with van der Waals surface area (Å²) in [6.07, 6.45) is 3.11. The summed E-state index contributed by atoms with van der Waals surface area (Å²) < 4.78 is 12.2. The van der Waals surface area contributed by atoms with Crippen LogP contribution in [0.3, 0.4) is 0 Å². The Balaban J connectivity index is 1.49. The van der Waals surface area contributed by atoms with Crippen LogP contribution in [0.4, 0.5) is 5.95 Å². The van der Waals surface area contributed by atoms with Gasteiger partial charge in [-0.2, -0.15) is 4.98 Å². The number of fused-ring (bicyclic) bond motifs is 1. The molecule has 0 atom stereocenters. The van der Waals surface area contributed by atoms with Crippen molar-refractivity contribution < 1.29 is 14.3 Å². The summed E-state index contributed by atoms with van der Waals surface area (Å²) in [5, 5.41) is 9.10. The van der Waals surface area contributed by atoms with Crippen molar-refractivity contribution in [3.05, 3.63) is 65.6 Å². The van der Waals surface area contributed by atoms with Crippen LogP contribution < -0.4 is 14.8 Å². The second kappa shape index (κ2) is 8.15. The Morgan fingerprint density at radius 1 is 1.10 bits per heavy atom. The number of methoxy groups -OCH3 is 2. The number of rotatable bonds is 6. The number of amides is 1. The predicted molar refractivity (Wildman–Crippen MR) is 114 cm³/mol. The first kappa shape index (κ1) is 18.7. The van der Waals surface area contributed by atoms with Crippen LogP contribution in [0.2, 0.25) is 0 Å². The van der Waals surface area contributed by atoms with Gasteiger partial charge in [-0.05, 0) is 23.8 Å². The van der Waals surface area contributed by atoms with Gasteiger partial charge in [0.2, 0.25) is 4.96 Å². The van der Waals surface area contributed by atoms with E-state index < -0.39 is 0 Å². The van der Waals surface area contributed by atoms with Gasteiger partial charge in [-0.1, -0.05) is 36.4 Å². The topological polar surface area (TPSA) is 77.8 Å². The largest absolute Gasteiger partial charge is 0.493 e. The fourth-order valence-electron chi connectivity index (χ4n) is 2.82. The molecule has 4 aromatic rings. The lowest BCUT2D eigenvalue weighted by atomic mass is 10.2. The maximum Gasteiger partial charge on any atom is 0.250 e. The predicted octanol–water partition coefficient (Wildman–Crippen LogP) is 4.13. The Bertz CT molecular complexity index is 1180. The van der Waals surface area contributed by atoms with Gasteiger partial charge >= 0.3 is 0 Å². The highest BCUT2D eigenvalue weighted by molar-refractivity contribution is 7.15. The number of nitrogens with zero attached hydrogens (tertiary/aromatic N) is 3. The molecule has 0 radical (unpaired) electrons. The number of ether oxygens (including phenoxy) is 2. The van der Waals surface area contributed by atoms with E-state index in [2.05, 4.69) is 15.4 Å². The number of hydrogen-bond acceptors (Lipinski definition) is 6. The molecule has 0 aliphatic rings. The summed E-state index contributed by atoms with van der Waals surface area (Å²) in [5.41, 5.74) is 2.78. The average molecular weight is 406 g/mol. The van der Waals surface area contributed by atoms with Crippen molar-refractivity contribution in [1.29, 1.82) is 0 Å². The molecule has 8 heteroatoms. The lowest BCUT2D eigenvalue weighted by molar-refractivity contribution is -0.111. The van der Waals surface area contributed by atoms with E-state index in [1.807, 2.05) is 41.8 Å². The number of carbonyl (C=O) groups is 1. The van der Waals surface area contributed by atoms with Gasteiger partial charge in [0.1, 0.15) is 0 Å². The van der Waals surface area contributed by atoms with Crippen LogP contribution in [0.25, 0.3) is 22.3 Å². The first-order chi connectivity index (χ1) is 14.2. The highest BCUT2D eigenvalue weighted by Gasteiger charge is 2.12. The number of thiazole rings is 1. The monoisotopic (exact) mass is 406 g/mol. The number of carbonyl (C=O) groups excluding carboxylic acids is 1. The van der Waals surface area contributed by atoms with E-state index in [1.165, 1.54) is 17.4 Å². The average Bonchev–Trinajstić information content (AvgIpc) is 3.32. The minimum atomic E-state index is -0.320. The van der Waals surface area contributed by atoms with Gasteiger partial charge in [0.15, 0.2) is 11.5 Å². The Morgan fingerprint density at radius 2 is 1.90 bits per heavy atom. The van der Waals surface area contributed by atoms with Crippen molar-refractivity contribution >= 4 is 34.2 Å². The highest BCUT2D eigenvalue weighted by Crippen LogP contribution is 2.28. The molecule has 1 amide bonds. The third-order valence-corrected chi connectivity index (χ3v) is 5.04. The number of nitrogens with one attached hydrogen (secondary N) is 1. The highest BCUT2D eigenvalue weighted by atomic mass is 32.1. The molecule has 2 heterocycles. The van der Waals surface area contributed by atoms with Gasteiger partial charge in [-0.3, -0.25) is 10.1 Å². The first-order valence-corrected chi connectivity index (χ1v) is 9.66. The fraction of sp³-hybridized carbons (Fsp3) is 0.0952. The third kappa shape index (κ3) is 3.97. The van der Waals surface area contributed by atoms with Gasteiger partial charge in [-0.15, -0.1) is 16.4 Å². The molecule has 2 aromatic carbocycles. The van der Waals surface area contributed by atoms with Gasteiger partial charge in [-0.25, -0.2) is 4.52 Å². The van der Waals surface area contributed by atoms with E-state index in [4.69, 9.17) is 9.47 Å². The number of benzene rings is 2. The zero-order valence-electron chi connectivity index (χ0n) is 15.8. The summed E-state index contributed by atoms with van der Waals surface area (Å²) in [7, 11) is 3.14. The van der Waals surface area contributed by atoms with Crippen LogP contribution in [-0.4, -0.2) is 34.7 Å². The summed E-state index contributed by atoms with van der Waals surface area (Å²) in [4.78, 5) is 17.4. The van der Waals surface area contributed by atoms with Crippen molar-refractivity contribution in [1.82, 2.24) is 14.6 Å². The van der Waals surface area contributed by atoms with E-state index >= 15 is 0 Å². The molecule has 4 rings (SSSR count). The molecule has 0 bridgehead atoms. The van der Waals surface area contributed by atoms with E-state index in [-0.39, 0.29) is 11.9 Å². The number of aromatic nitrogens is 3. The molecule has 0 saturated heterocycles. The minimum Gasteiger partial charge on any atom is -0.493 e. The van der Waals surface area contributed by atoms with Crippen LogP contribution in [0, 0.1) is 0 Å². The van der Waals surface area contributed by atoms with Crippen LogP contribution in [0.15, 0.2) is 60.0 Å². The Hall–Kier alpha value is -3.65. The van der Waals surface area contributed by atoms with Gasteiger partial charge in [0, 0.05) is 17.0 Å². The van der Waals surface area contributed by atoms with Crippen molar-refractivity contribution in [3.8, 4) is 22.8 Å². The van der Waals surface area contributed by atoms with Crippen molar-refractivity contribution in [3.63, 3.8) is 0 Å². The molecule has 0 aliphatic carbocycles. The number of anilines is 1. The molecular weight excluding hydrogens is 388 g/mol. The molecule has 7 nitrogen and oxygen atoms in total. The zero-order valence-corrected chi connectivity index (χ0v) is 16.6. The third-order valence-electron chi connectivity index (χ3n) is 4.22. The number of hydrogen-bond donors (Lipinski definition) is 1. The van der Waals surface area contributed by atoms with E-state index in [0.717, 1.165) is 16.8 Å². The molecule has 146 valence electrons. The maximum atomic E-state index is 12.3. The summed E-state index contributed by atoms with van der Waals surface area (Å²) in [5.74, 6) is 1.17. The summed E-state index contributed by atoms with van der Waals surface area (Å²) in [6, 6.07) is 15.3. The first-order valence-electron chi connectivity index (χ1n) is 8.78. The van der Waals surface area contributed by atoms with Crippen molar-refractivity contribution in [2.24, 2.45) is 0 Å². The van der Waals surface area contributed by atoms with Crippen molar-refractivity contribution in [2.45, 2.75) is 0 Å². The van der Waals surface area contributed by atoms with Crippen LogP contribution in [-0.2, 0) is 4.79 Å². The Labute approximate surface area is 171 Å². The minimum absolute atomic E-state index is 0.260. The van der Waals surface area contributed by atoms with Crippen LogP contribution >= 0.6 is 11.3 Å². The zero-order chi connectivity index (χ0) is 20.2. The van der Waals surface area contributed by atoms with Crippen LogP contribution in [0.5, 0.6) is 11.5 Å². The quantitative estimate of drug-likeness (QED) is 0.487. The van der Waals surface area contributed by atoms with E-state index in [9.17, 15) is 4.79 Å². The molecular formula is C21H18N4O3S. The standard InChI is InChI=1S/C21H18N4O3S/c1-27-17-10-8-14(12-18(17)28-2)9-11-19(26)22-20-23-21-25(24-20)16(13-29-21)15-6-4-3-5-7-15/h3-13H,1-2H3,(H,22,24,26)/b11-9+.